The van der Waals surface area contributed by atoms with E-state index < -0.39 is 0 Å². The molecule has 2 rings (SSSR count). The van der Waals surface area contributed by atoms with E-state index in [1.807, 2.05) is 0 Å². The Hall–Kier alpha value is -1.60. The molecule has 0 aromatic heterocycles. The van der Waals surface area contributed by atoms with Crippen LogP contribution in [0.15, 0.2) is 60.7 Å². The van der Waals surface area contributed by atoms with E-state index in [4.69, 9.17) is 0 Å². The fourth-order valence-electron chi connectivity index (χ4n) is 1.99. The van der Waals surface area contributed by atoms with Crippen LogP contribution < -0.4 is 0 Å². The normalized spacial score (nSPS) is 12.6. The van der Waals surface area contributed by atoms with Gasteiger partial charge in [-0.3, -0.25) is 4.90 Å². The van der Waals surface area contributed by atoms with Gasteiger partial charge in [0, 0.05) is 12.6 Å². The molecule has 0 N–H and O–H groups in total. The zero-order valence-corrected chi connectivity index (χ0v) is 10.5. The molecule has 0 aliphatic heterocycles. The van der Waals surface area contributed by atoms with Crippen molar-refractivity contribution in [2.75, 3.05) is 7.05 Å². The summed E-state index contributed by atoms with van der Waals surface area (Å²) in [5.41, 5.74) is 2.73. The molecular weight excluding hydrogens is 206 g/mol. The lowest BCUT2D eigenvalue weighted by atomic mass is 10.1. The van der Waals surface area contributed by atoms with Gasteiger partial charge < -0.3 is 0 Å². The van der Waals surface area contributed by atoms with E-state index >= 15 is 0 Å². The minimum absolute atomic E-state index is 0.441. The fourth-order valence-corrected chi connectivity index (χ4v) is 1.99. The maximum absolute atomic E-state index is 2.37. The second-order valence-corrected chi connectivity index (χ2v) is 4.49. The van der Waals surface area contributed by atoms with Crippen molar-refractivity contribution >= 4 is 0 Å². The molecular formula is C16H19N. The van der Waals surface area contributed by atoms with Gasteiger partial charge in [0.05, 0.1) is 0 Å². The van der Waals surface area contributed by atoms with Crippen LogP contribution >= 0.6 is 0 Å². The summed E-state index contributed by atoms with van der Waals surface area (Å²) in [5.74, 6) is 0. The van der Waals surface area contributed by atoms with E-state index in [2.05, 4.69) is 79.5 Å². The molecule has 0 saturated carbocycles. The number of hydrogen-bond acceptors (Lipinski definition) is 1. The summed E-state index contributed by atoms with van der Waals surface area (Å²) >= 11 is 0. The third-order valence-electron chi connectivity index (χ3n) is 3.22. The summed E-state index contributed by atoms with van der Waals surface area (Å²) in [7, 11) is 2.17. The van der Waals surface area contributed by atoms with Crippen molar-refractivity contribution in [2.24, 2.45) is 0 Å². The molecule has 1 nitrogen and oxygen atoms in total. The average Bonchev–Trinajstić information content (AvgIpc) is 2.40. The van der Waals surface area contributed by atoms with E-state index in [1.165, 1.54) is 11.1 Å². The van der Waals surface area contributed by atoms with Gasteiger partial charge in [0.25, 0.3) is 0 Å². The van der Waals surface area contributed by atoms with Gasteiger partial charge >= 0.3 is 0 Å². The van der Waals surface area contributed by atoms with E-state index in [-0.39, 0.29) is 0 Å². The maximum Gasteiger partial charge on any atom is 0.0320 e. The van der Waals surface area contributed by atoms with Crippen molar-refractivity contribution in [3.8, 4) is 0 Å². The summed E-state index contributed by atoms with van der Waals surface area (Å²) in [6, 6.07) is 21.7. The minimum atomic E-state index is 0.441. The lowest BCUT2D eigenvalue weighted by Gasteiger charge is -2.25. The lowest BCUT2D eigenvalue weighted by Crippen LogP contribution is -2.21. The Morgan fingerprint density at radius 3 is 2.00 bits per heavy atom. The Morgan fingerprint density at radius 2 is 1.41 bits per heavy atom. The summed E-state index contributed by atoms with van der Waals surface area (Å²) in [5, 5.41) is 0. The average molecular weight is 225 g/mol. The zero-order chi connectivity index (χ0) is 12.1. The molecule has 0 aliphatic rings. The highest BCUT2D eigenvalue weighted by molar-refractivity contribution is 5.19. The van der Waals surface area contributed by atoms with Crippen LogP contribution in [0.4, 0.5) is 0 Å². The highest BCUT2D eigenvalue weighted by atomic mass is 15.1. The molecule has 2 aromatic carbocycles. The van der Waals surface area contributed by atoms with Gasteiger partial charge in [0.2, 0.25) is 0 Å². The molecule has 0 fully saturated rings. The Bertz CT molecular complexity index is 436. The molecule has 17 heavy (non-hydrogen) atoms. The molecule has 0 bridgehead atoms. The van der Waals surface area contributed by atoms with Crippen LogP contribution in [0.2, 0.25) is 0 Å². The van der Waals surface area contributed by atoms with Crippen LogP contribution in [0.5, 0.6) is 0 Å². The molecule has 1 heteroatoms. The van der Waals surface area contributed by atoms with E-state index in [1.54, 1.807) is 0 Å². The van der Waals surface area contributed by atoms with Crippen molar-refractivity contribution in [3.05, 3.63) is 71.8 Å². The van der Waals surface area contributed by atoms with Gasteiger partial charge in [-0.15, -0.1) is 0 Å². The van der Waals surface area contributed by atoms with Gasteiger partial charge in [-0.05, 0) is 25.1 Å². The number of benzene rings is 2. The number of hydrogen-bond donors (Lipinski definition) is 0. The maximum atomic E-state index is 2.37. The molecule has 0 unspecified atom stereocenters. The van der Waals surface area contributed by atoms with Gasteiger partial charge in [-0.2, -0.15) is 0 Å². The molecule has 1 atom stereocenters. The largest absolute Gasteiger partial charge is 0.295 e. The minimum Gasteiger partial charge on any atom is -0.295 e. The van der Waals surface area contributed by atoms with Crippen molar-refractivity contribution in [1.29, 1.82) is 0 Å². The third-order valence-corrected chi connectivity index (χ3v) is 3.22. The van der Waals surface area contributed by atoms with E-state index in [0.29, 0.717) is 6.04 Å². The molecule has 88 valence electrons. The second-order valence-electron chi connectivity index (χ2n) is 4.49. The molecule has 0 heterocycles. The van der Waals surface area contributed by atoms with Gasteiger partial charge in [-0.1, -0.05) is 60.7 Å². The van der Waals surface area contributed by atoms with Crippen molar-refractivity contribution in [2.45, 2.75) is 19.5 Å². The summed E-state index contributed by atoms with van der Waals surface area (Å²) < 4.78 is 0. The second kappa shape index (κ2) is 5.65. The van der Waals surface area contributed by atoms with Crippen LogP contribution in [0.1, 0.15) is 24.1 Å². The predicted octanol–water partition coefficient (Wildman–Crippen LogP) is 3.88. The molecule has 0 spiro atoms. The van der Waals surface area contributed by atoms with Crippen LogP contribution in [-0.4, -0.2) is 11.9 Å². The van der Waals surface area contributed by atoms with Crippen LogP contribution in [0.3, 0.4) is 0 Å². The van der Waals surface area contributed by atoms with Crippen molar-refractivity contribution in [1.82, 2.24) is 4.90 Å². The Kier molecular flexibility index (Phi) is 3.94. The number of nitrogens with zero attached hydrogens (tertiary/aromatic N) is 1. The Labute approximate surface area is 104 Å². The number of rotatable bonds is 4. The SMILES string of the molecule is C[C@H](c1ccccc1)N(C)Cc1ccccc1. The van der Waals surface area contributed by atoms with Crippen molar-refractivity contribution < 1.29 is 0 Å². The first-order chi connectivity index (χ1) is 8.27. The lowest BCUT2D eigenvalue weighted by molar-refractivity contribution is 0.253. The zero-order valence-electron chi connectivity index (χ0n) is 10.5. The summed E-state index contributed by atoms with van der Waals surface area (Å²) in [6.45, 7) is 3.23. The van der Waals surface area contributed by atoms with Crippen LogP contribution in [0, 0.1) is 0 Å². The quantitative estimate of drug-likeness (QED) is 0.763. The molecule has 0 amide bonds. The molecule has 0 aliphatic carbocycles. The van der Waals surface area contributed by atoms with Gasteiger partial charge in [0.1, 0.15) is 0 Å². The van der Waals surface area contributed by atoms with Gasteiger partial charge in [-0.25, -0.2) is 0 Å². The topological polar surface area (TPSA) is 3.24 Å². The fraction of sp³-hybridized carbons (Fsp3) is 0.250. The van der Waals surface area contributed by atoms with E-state index in [9.17, 15) is 0 Å². The van der Waals surface area contributed by atoms with Crippen LogP contribution in [0.25, 0.3) is 0 Å². The first-order valence-electron chi connectivity index (χ1n) is 6.06. The molecule has 0 saturated heterocycles. The first kappa shape index (κ1) is 11.9. The Balaban J connectivity index is 2.03. The summed E-state index contributed by atoms with van der Waals surface area (Å²) in [6.07, 6.45) is 0. The smallest absolute Gasteiger partial charge is 0.0320 e. The summed E-state index contributed by atoms with van der Waals surface area (Å²) in [4.78, 5) is 2.37. The highest BCUT2D eigenvalue weighted by Crippen LogP contribution is 2.19. The molecule has 0 radical (unpaired) electrons. The third kappa shape index (κ3) is 3.18. The monoisotopic (exact) mass is 225 g/mol. The molecule has 2 aromatic rings. The van der Waals surface area contributed by atoms with E-state index in [0.717, 1.165) is 6.54 Å². The van der Waals surface area contributed by atoms with Crippen molar-refractivity contribution in [3.63, 3.8) is 0 Å². The first-order valence-corrected chi connectivity index (χ1v) is 6.06. The van der Waals surface area contributed by atoms with Crippen LogP contribution in [-0.2, 0) is 6.54 Å². The predicted molar refractivity (Wildman–Crippen MR) is 72.8 cm³/mol. The van der Waals surface area contributed by atoms with Gasteiger partial charge in [0.15, 0.2) is 0 Å². The highest BCUT2D eigenvalue weighted by Gasteiger charge is 2.10. The Morgan fingerprint density at radius 1 is 0.882 bits per heavy atom. The standard InChI is InChI=1S/C16H19N/c1-14(16-11-7-4-8-12-16)17(2)13-15-9-5-3-6-10-15/h3-12,14H,13H2,1-2H3/t14-/m1/s1.